The topological polar surface area (TPSA) is 111 Å². The summed E-state index contributed by atoms with van der Waals surface area (Å²) in [6.45, 7) is 4.75. The van der Waals surface area contributed by atoms with Crippen LogP contribution >= 0.6 is 0 Å². The zero-order chi connectivity index (χ0) is 40.0. The van der Waals surface area contributed by atoms with Crippen molar-refractivity contribution in [3.05, 3.63) is 0 Å². The Labute approximate surface area is 332 Å². The molecule has 0 aromatic carbocycles. The molecular weight excluding hydrogens is 682 g/mol. The van der Waals surface area contributed by atoms with Crippen LogP contribution in [0.5, 0.6) is 0 Å². The fourth-order valence-electron chi connectivity index (χ4n) is 6.54. The van der Waals surface area contributed by atoms with Crippen molar-refractivity contribution in [1.82, 2.24) is 0 Å². The van der Waals surface area contributed by atoms with Gasteiger partial charge in [-0.2, -0.15) is 0 Å². The molecule has 2 unspecified atom stereocenters. The molecular formula is C45H87NO8. The Bertz CT molecular complexity index is 861. The van der Waals surface area contributed by atoms with E-state index in [4.69, 9.17) is 18.9 Å². The van der Waals surface area contributed by atoms with Crippen molar-refractivity contribution in [2.45, 2.75) is 225 Å². The van der Waals surface area contributed by atoms with Crippen LogP contribution < -0.4 is 5.11 Å². The van der Waals surface area contributed by atoms with Crippen molar-refractivity contribution < 1.29 is 42.9 Å². The molecule has 0 spiro atoms. The molecule has 0 heterocycles. The first kappa shape index (κ1) is 52.3. The molecule has 0 amide bonds. The van der Waals surface area contributed by atoms with E-state index in [1.165, 1.54) is 148 Å². The summed E-state index contributed by atoms with van der Waals surface area (Å²) in [5.41, 5.74) is 0. The van der Waals surface area contributed by atoms with Crippen LogP contribution in [0.1, 0.15) is 213 Å². The van der Waals surface area contributed by atoms with Crippen molar-refractivity contribution >= 4 is 17.9 Å². The van der Waals surface area contributed by atoms with Gasteiger partial charge in [0, 0.05) is 12.8 Å². The highest BCUT2D eigenvalue weighted by Gasteiger charge is 2.21. The second-order valence-electron chi connectivity index (χ2n) is 16.7. The summed E-state index contributed by atoms with van der Waals surface area (Å²) in [4.78, 5) is 36.9. The Kier molecular flexibility index (Phi) is 37.0. The molecule has 0 rings (SSSR count). The van der Waals surface area contributed by atoms with Crippen LogP contribution in [0.25, 0.3) is 0 Å². The van der Waals surface area contributed by atoms with Crippen molar-refractivity contribution in [1.29, 1.82) is 0 Å². The van der Waals surface area contributed by atoms with Crippen LogP contribution in [-0.2, 0) is 33.3 Å². The molecule has 0 N–H and O–H groups in total. The molecule has 9 nitrogen and oxygen atoms in total. The Balaban J connectivity index is 4.33. The lowest BCUT2D eigenvalue weighted by atomic mass is 10.0. The van der Waals surface area contributed by atoms with E-state index in [9.17, 15) is 19.5 Å². The molecule has 0 aromatic heterocycles. The first-order valence-corrected chi connectivity index (χ1v) is 22.7. The van der Waals surface area contributed by atoms with Gasteiger partial charge in [0.2, 0.25) is 0 Å². The number of carbonyl (C=O) groups is 3. The molecule has 0 saturated heterocycles. The van der Waals surface area contributed by atoms with E-state index >= 15 is 0 Å². The maximum Gasteiger partial charge on any atom is 0.306 e. The number of hydrogen-bond donors (Lipinski definition) is 0. The molecule has 54 heavy (non-hydrogen) atoms. The van der Waals surface area contributed by atoms with Gasteiger partial charge in [-0.3, -0.25) is 9.59 Å². The highest BCUT2D eigenvalue weighted by Crippen LogP contribution is 2.16. The van der Waals surface area contributed by atoms with Crippen LogP contribution in [0.2, 0.25) is 0 Å². The van der Waals surface area contributed by atoms with Crippen LogP contribution in [-0.4, -0.2) is 82.3 Å². The van der Waals surface area contributed by atoms with Crippen molar-refractivity contribution in [2.24, 2.45) is 0 Å². The van der Waals surface area contributed by atoms with E-state index < -0.39 is 24.3 Å². The lowest BCUT2D eigenvalue weighted by Crippen LogP contribution is -2.44. The van der Waals surface area contributed by atoms with Crippen molar-refractivity contribution in [2.75, 3.05) is 47.5 Å². The summed E-state index contributed by atoms with van der Waals surface area (Å²) in [5, 5.41) is 11.7. The largest absolute Gasteiger partial charge is 0.545 e. The molecule has 9 heteroatoms. The number of aliphatic carboxylic acids is 1. The van der Waals surface area contributed by atoms with E-state index in [2.05, 4.69) is 13.8 Å². The lowest BCUT2D eigenvalue weighted by molar-refractivity contribution is -0.870. The van der Waals surface area contributed by atoms with Gasteiger partial charge >= 0.3 is 11.9 Å². The Morgan fingerprint density at radius 3 is 1.19 bits per heavy atom. The Hall–Kier alpha value is -1.71. The molecule has 0 radical (unpaired) electrons. The zero-order valence-electron chi connectivity index (χ0n) is 36.1. The zero-order valence-corrected chi connectivity index (χ0v) is 36.1. The number of carboxylic acid groups (broad SMARTS) is 1. The van der Waals surface area contributed by atoms with Gasteiger partial charge in [-0.05, 0) is 12.8 Å². The molecule has 0 aliphatic rings. The molecule has 0 aliphatic carbocycles. The number of likely N-dealkylation sites (N-methyl/N-ethyl adjacent to an activating group) is 1. The first-order chi connectivity index (χ1) is 26.1. The molecule has 0 bridgehead atoms. The maximum atomic E-state index is 12.7. The van der Waals surface area contributed by atoms with Gasteiger partial charge in [-0.25, -0.2) is 0 Å². The molecule has 0 fully saturated rings. The highest BCUT2D eigenvalue weighted by atomic mass is 16.7. The van der Waals surface area contributed by atoms with Crippen LogP contribution in [0.15, 0.2) is 0 Å². The van der Waals surface area contributed by atoms with Gasteiger partial charge in [-0.15, -0.1) is 0 Å². The summed E-state index contributed by atoms with van der Waals surface area (Å²) in [6.07, 6.45) is 34.2. The van der Waals surface area contributed by atoms with E-state index in [-0.39, 0.29) is 32.2 Å². The number of carbonyl (C=O) groups excluding carboxylic acids is 3. The average Bonchev–Trinajstić information content (AvgIpc) is 3.12. The Morgan fingerprint density at radius 2 is 0.833 bits per heavy atom. The van der Waals surface area contributed by atoms with E-state index in [1.54, 1.807) is 0 Å². The quantitative estimate of drug-likeness (QED) is 0.0261. The fourth-order valence-corrected chi connectivity index (χ4v) is 6.54. The number of ether oxygens (including phenoxy) is 4. The van der Waals surface area contributed by atoms with Crippen LogP contribution in [0.4, 0.5) is 0 Å². The number of hydrogen-bond acceptors (Lipinski definition) is 8. The van der Waals surface area contributed by atoms with Crippen LogP contribution in [0, 0.1) is 0 Å². The smallest absolute Gasteiger partial charge is 0.306 e. The van der Waals surface area contributed by atoms with Crippen LogP contribution in [0.3, 0.4) is 0 Å². The molecule has 0 aromatic rings. The third-order valence-corrected chi connectivity index (χ3v) is 10.1. The minimum Gasteiger partial charge on any atom is -0.545 e. The Morgan fingerprint density at radius 1 is 0.481 bits per heavy atom. The monoisotopic (exact) mass is 770 g/mol. The normalized spacial score (nSPS) is 12.8. The third kappa shape index (κ3) is 38.6. The molecule has 320 valence electrons. The summed E-state index contributed by atoms with van der Waals surface area (Å²) < 4.78 is 22.5. The standard InChI is InChI=1S/C45H87NO8/c1-6-8-10-12-14-16-18-19-20-21-22-23-24-25-26-28-30-32-34-36-43(48)54-41(40-53-45(44(49)50)51-38-37-46(3,4)5)39-52-42(47)35-33-31-29-27-17-15-13-11-9-7-2/h41,45H,6-40H2,1-5H3. The highest BCUT2D eigenvalue weighted by molar-refractivity contribution is 5.70. The van der Waals surface area contributed by atoms with E-state index in [0.29, 0.717) is 17.4 Å². The fraction of sp³-hybridized carbons (Fsp3) is 0.933. The van der Waals surface area contributed by atoms with E-state index in [1.807, 2.05) is 21.1 Å². The minimum absolute atomic E-state index is 0.153. The summed E-state index contributed by atoms with van der Waals surface area (Å²) in [6, 6.07) is 0. The summed E-state index contributed by atoms with van der Waals surface area (Å²) in [7, 11) is 5.91. The first-order valence-electron chi connectivity index (χ1n) is 22.7. The minimum atomic E-state index is -1.61. The number of unbranched alkanes of at least 4 members (excludes halogenated alkanes) is 27. The number of nitrogens with zero attached hydrogens (tertiary/aromatic N) is 1. The SMILES string of the molecule is CCCCCCCCCCCCCCCCCCCCCC(=O)OC(COC(=O)CCCCCCCCCCCC)COC(OCC[N+](C)(C)C)C(=O)[O-]. The van der Waals surface area contributed by atoms with Crippen molar-refractivity contribution in [3.8, 4) is 0 Å². The maximum absolute atomic E-state index is 12.7. The second-order valence-corrected chi connectivity index (χ2v) is 16.7. The van der Waals surface area contributed by atoms with Gasteiger partial charge in [0.25, 0.3) is 0 Å². The second kappa shape index (κ2) is 38.2. The van der Waals surface area contributed by atoms with Gasteiger partial charge in [0.1, 0.15) is 13.2 Å². The number of quaternary nitrogens is 1. The summed E-state index contributed by atoms with van der Waals surface area (Å²) >= 11 is 0. The van der Waals surface area contributed by atoms with Gasteiger partial charge in [0.15, 0.2) is 12.4 Å². The van der Waals surface area contributed by atoms with Crippen molar-refractivity contribution in [3.63, 3.8) is 0 Å². The lowest BCUT2D eigenvalue weighted by Gasteiger charge is -2.26. The van der Waals surface area contributed by atoms with E-state index in [0.717, 1.165) is 38.5 Å². The predicted molar refractivity (Wildman–Crippen MR) is 219 cm³/mol. The van der Waals surface area contributed by atoms with Gasteiger partial charge in [0.05, 0.1) is 40.3 Å². The van der Waals surface area contributed by atoms with Gasteiger partial charge in [-0.1, -0.05) is 187 Å². The average molecular weight is 770 g/mol. The number of rotatable bonds is 42. The molecule has 2 atom stereocenters. The number of esters is 2. The van der Waals surface area contributed by atoms with Gasteiger partial charge < -0.3 is 33.3 Å². The molecule has 0 aliphatic heterocycles. The predicted octanol–water partition coefficient (Wildman–Crippen LogP) is 10.4. The molecule has 0 saturated carbocycles. The summed E-state index contributed by atoms with van der Waals surface area (Å²) in [5.74, 6) is -2.27. The third-order valence-electron chi connectivity index (χ3n) is 10.1. The number of carboxylic acids is 1.